The maximum absolute atomic E-state index is 12.8. The lowest BCUT2D eigenvalue weighted by Gasteiger charge is -2.02. The molecule has 0 aliphatic rings. The van der Waals surface area contributed by atoms with E-state index in [4.69, 9.17) is 20.8 Å². The Balaban J connectivity index is 1.47. The summed E-state index contributed by atoms with van der Waals surface area (Å²) < 4.78 is 13.1. The zero-order valence-electron chi connectivity index (χ0n) is 16.4. The molecule has 5 rings (SSSR count). The van der Waals surface area contributed by atoms with E-state index in [-0.39, 0.29) is 5.56 Å². The number of nitrogens with zero attached hydrogens (tertiary/aromatic N) is 3. The number of ether oxygens (including phenoxy) is 1. The first-order valence-electron chi connectivity index (χ1n) is 9.61. The molecule has 0 unspecified atom stereocenters. The van der Waals surface area contributed by atoms with Gasteiger partial charge in [0.05, 0.1) is 11.6 Å². The molecule has 0 fully saturated rings. The molecule has 0 atom stereocenters. The molecule has 0 N–H and O–H groups in total. The monoisotopic (exact) mass is 449 g/mol. The van der Waals surface area contributed by atoms with Gasteiger partial charge >= 0.3 is 0 Å². The molecule has 8 heteroatoms. The van der Waals surface area contributed by atoms with E-state index in [9.17, 15) is 4.79 Å². The van der Waals surface area contributed by atoms with Gasteiger partial charge in [0.1, 0.15) is 21.8 Å². The molecule has 3 aromatic heterocycles. The minimum atomic E-state index is -0.236. The Kier molecular flexibility index (Phi) is 5.05. The summed E-state index contributed by atoms with van der Waals surface area (Å²) in [5, 5.41) is 4.98. The van der Waals surface area contributed by atoms with Crippen LogP contribution in [0.15, 0.2) is 69.9 Å². The number of hydrogen-bond acceptors (Lipinski definition) is 6. The van der Waals surface area contributed by atoms with E-state index in [1.807, 2.05) is 55.5 Å². The van der Waals surface area contributed by atoms with Crippen molar-refractivity contribution in [1.82, 2.24) is 14.6 Å². The first-order chi connectivity index (χ1) is 15.1. The predicted molar refractivity (Wildman–Crippen MR) is 122 cm³/mol. The molecule has 31 heavy (non-hydrogen) atoms. The Labute approximate surface area is 186 Å². The molecule has 0 saturated carbocycles. The molecule has 0 aliphatic carbocycles. The normalized spacial score (nSPS) is 12.0. The molecule has 6 nitrogen and oxygen atoms in total. The first-order valence-corrected chi connectivity index (χ1v) is 10.8. The maximum Gasteiger partial charge on any atom is 0.291 e. The van der Waals surface area contributed by atoms with Crippen LogP contribution in [0, 0.1) is 0 Å². The van der Waals surface area contributed by atoms with Crippen LogP contribution in [0.3, 0.4) is 0 Å². The Morgan fingerprint density at radius 3 is 2.68 bits per heavy atom. The van der Waals surface area contributed by atoms with Crippen LogP contribution in [-0.2, 0) is 0 Å². The number of aromatic nitrogens is 3. The smallest absolute Gasteiger partial charge is 0.291 e. The van der Waals surface area contributed by atoms with E-state index < -0.39 is 0 Å². The van der Waals surface area contributed by atoms with E-state index in [2.05, 4.69) is 10.1 Å². The van der Waals surface area contributed by atoms with Gasteiger partial charge in [-0.05, 0) is 55.5 Å². The van der Waals surface area contributed by atoms with Gasteiger partial charge in [-0.1, -0.05) is 35.1 Å². The largest absolute Gasteiger partial charge is 0.494 e. The minimum Gasteiger partial charge on any atom is -0.494 e. The fourth-order valence-electron chi connectivity index (χ4n) is 3.19. The van der Waals surface area contributed by atoms with Gasteiger partial charge in [0, 0.05) is 17.2 Å². The molecular weight excluding hydrogens is 434 g/mol. The number of thiazole rings is 1. The Hall–Kier alpha value is -3.42. The quantitative estimate of drug-likeness (QED) is 0.389. The highest BCUT2D eigenvalue weighted by Gasteiger charge is 2.13. The van der Waals surface area contributed by atoms with Gasteiger partial charge in [-0.15, -0.1) is 5.10 Å². The second-order valence-electron chi connectivity index (χ2n) is 6.68. The van der Waals surface area contributed by atoms with E-state index in [0.29, 0.717) is 38.5 Å². The van der Waals surface area contributed by atoms with Crippen LogP contribution in [0.4, 0.5) is 0 Å². The lowest BCUT2D eigenvalue weighted by molar-refractivity contribution is 0.340. The zero-order valence-corrected chi connectivity index (χ0v) is 18.0. The van der Waals surface area contributed by atoms with Crippen molar-refractivity contribution >= 4 is 34.0 Å². The van der Waals surface area contributed by atoms with E-state index >= 15 is 0 Å². The number of halogens is 1. The van der Waals surface area contributed by atoms with Crippen molar-refractivity contribution in [1.29, 1.82) is 0 Å². The van der Waals surface area contributed by atoms with Crippen LogP contribution in [0.1, 0.15) is 12.7 Å². The SMILES string of the molecule is CCOc1ccc(-c2nc3s/c(=C/c4ccc(-c5ccccc5Cl)o4)c(=O)n3n2)cc1. The van der Waals surface area contributed by atoms with Crippen molar-refractivity contribution in [3.63, 3.8) is 0 Å². The summed E-state index contributed by atoms with van der Waals surface area (Å²) in [4.78, 5) is 17.8. The summed E-state index contributed by atoms with van der Waals surface area (Å²) in [5.41, 5.74) is 1.38. The van der Waals surface area contributed by atoms with E-state index in [1.165, 1.54) is 15.9 Å². The molecular formula is C23H16ClN3O3S. The third-order valence-corrected chi connectivity index (χ3v) is 5.93. The molecule has 0 spiro atoms. The Morgan fingerprint density at radius 1 is 1.13 bits per heavy atom. The van der Waals surface area contributed by atoms with Gasteiger partial charge in [-0.2, -0.15) is 9.50 Å². The second kappa shape index (κ2) is 8.02. The number of rotatable bonds is 5. The molecule has 2 aromatic carbocycles. The summed E-state index contributed by atoms with van der Waals surface area (Å²) in [5.74, 6) is 2.48. The summed E-state index contributed by atoms with van der Waals surface area (Å²) in [7, 11) is 0. The van der Waals surface area contributed by atoms with Crippen molar-refractivity contribution < 1.29 is 9.15 Å². The van der Waals surface area contributed by atoms with Crippen LogP contribution < -0.4 is 14.8 Å². The molecule has 0 saturated heterocycles. The number of hydrogen-bond donors (Lipinski definition) is 0. The Morgan fingerprint density at radius 2 is 1.94 bits per heavy atom. The van der Waals surface area contributed by atoms with Crippen molar-refractivity contribution in [2.75, 3.05) is 6.61 Å². The lowest BCUT2D eigenvalue weighted by atomic mass is 10.2. The standard InChI is InChI=1S/C23H16ClN3O3S/c1-2-29-15-9-7-14(8-10-15)21-25-23-27(26-21)22(28)20(31-23)13-16-11-12-19(30-16)17-5-3-4-6-18(17)24/h3-13H,2H2,1H3/b20-13+. The van der Waals surface area contributed by atoms with Crippen molar-refractivity contribution in [3.05, 3.63) is 86.3 Å². The number of fused-ring (bicyclic) bond motifs is 1. The topological polar surface area (TPSA) is 69.6 Å². The summed E-state index contributed by atoms with van der Waals surface area (Å²) in [6.07, 6.45) is 1.69. The molecule has 3 heterocycles. The van der Waals surface area contributed by atoms with Crippen LogP contribution in [0.25, 0.3) is 33.7 Å². The van der Waals surface area contributed by atoms with Crippen molar-refractivity contribution in [2.45, 2.75) is 6.92 Å². The van der Waals surface area contributed by atoms with E-state index in [1.54, 1.807) is 18.2 Å². The lowest BCUT2D eigenvalue weighted by Crippen LogP contribution is -2.23. The van der Waals surface area contributed by atoms with Gasteiger partial charge < -0.3 is 9.15 Å². The first kappa shape index (κ1) is 19.5. The van der Waals surface area contributed by atoms with Gasteiger partial charge in [0.15, 0.2) is 5.82 Å². The molecule has 0 bridgehead atoms. The number of furan rings is 1. The zero-order chi connectivity index (χ0) is 21.4. The van der Waals surface area contributed by atoms with Crippen LogP contribution >= 0.6 is 22.9 Å². The average molecular weight is 450 g/mol. The minimum absolute atomic E-state index is 0.236. The van der Waals surface area contributed by atoms with Crippen LogP contribution in [0.2, 0.25) is 5.02 Å². The van der Waals surface area contributed by atoms with Gasteiger partial charge in [-0.3, -0.25) is 4.79 Å². The summed E-state index contributed by atoms with van der Waals surface area (Å²) in [6.45, 7) is 2.54. The fourth-order valence-corrected chi connectivity index (χ4v) is 4.31. The molecule has 154 valence electrons. The molecule has 0 aliphatic heterocycles. The second-order valence-corrected chi connectivity index (χ2v) is 8.10. The fraction of sp³-hybridized carbons (Fsp3) is 0.0870. The highest BCUT2D eigenvalue weighted by atomic mass is 35.5. The van der Waals surface area contributed by atoms with Crippen LogP contribution in [-0.4, -0.2) is 21.2 Å². The summed E-state index contributed by atoms with van der Waals surface area (Å²) >= 11 is 7.50. The highest BCUT2D eigenvalue weighted by molar-refractivity contribution is 7.15. The van der Waals surface area contributed by atoms with E-state index in [0.717, 1.165) is 16.9 Å². The average Bonchev–Trinajstić information content (AvgIpc) is 3.47. The predicted octanol–water partition coefficient (Wildman–Crippen LogP) is 4.68. The van der Waals surface area contributed by atoms with Gasteiger partial charge in [0.25, 0.3) is 5.56 Å². The van der Waals surface area contributed by atoms with Crippen molar-refractivity contribution in [3.8, 4) is 28.5 Å². The van der Waals surface area contributed by atoms with Crippen LogP contribution in [0.5, 0.6) is 5.75 Å². The highest BCUT2D eigenvalue weighted by Crippen LogP contribution is 2.29. The molecule has 5 aromatic rings. The third-order valence-electron chi connectivity index (χ3n) is 4.64. The van der Waals surface area contributed by atoms with Gasteiger partial charge in [0.2, 0.25) is 4.96 Å². The Bertz CT molecular complexity index is 1480. The van der Waals surface area contributed by atoms with Crippen molar-refractivity contribution in [2.24, 2.45) is 0 Å². The summed E-state index contributed by atoms with van der Waals surface area (Å²) in [6, 6.07) is 18.6. The molecule has 0 radical (unpaired) electrons. The molecule has 0 amide bonds. The maximum atomic E-state index is 12.8. The van der Waals surface area contributed by atoms with Gasteiger partial charge in [-0.25, -0.2) is 0 Å². The number of benzene rings is 2. The third kappa shape index (κ3) is 3.73.